The summed E-state index contributed by atoms with van der Waals surface area (Å²) in [5.74, 6) is 0. The fourth-order valence-corrected chi connectivity index (χ4v) is 2.18. The van der Waals surface area contributed by atoms with Gasteiger partial charge in [-0.3, -0.25) is 0 Å². The van der Waals surface area contributed by atoms with E-state index in [2.05, 4.69) is 34.2 Å². The zero-order valence-corrected chi connectivity index (χ0v) is 11.3. The largest absolute Gasteiger partial charge is 0.465 e. The van der Waals surface area contributed by atoms with Gasteiger partial charge in [0.05, 0.1) is 12.3 Å². The second-order valence-corrected chi connectivity index (χ2v) is 4.43. The summed E-state index contributed by atoms with van der Waals surface area (Å²) in [5.41, 5.74) is 4.08. The van der Waals surface area contributed by atoms with E-state index in [0.717, 1.165) is 22.5 Å². The summed E-state index contributed by atoms with van der Waals surface area (Å²) in [7, 11) is 0. The molecule has 0 radical (unpaired) electrons. The Morgan fingerprint density at radius 3 is 2.10 bits per heavy atom. The molecule has 1 heterocycles. The van der Waals surface area contributed by atoms with Gasteiger partial charge in [-0.15, -0.1) is 0 Å². The summed E-state index contributed by atoms with van der Waals surface area (Å²) in [5, 5.41) is 0. The van der Waals surface area contributed by atoms with Crippen molar-refractivity contribution < 1.29 is 4.74 Å². The Morgan fingerprint density at radius 1 is 0.900 bits per heavy atom. The summed E-state index contributed by atoms with van der Waals surface area (Å²) in [6.45, 7) is 2.54. The maximum absolute atomic E-state index is 5.50. The number of H-pyrrole nitrogens is 1. The van der Waals surface area contributed by atoms with E-state index in [0.29, 0.717) is 12.6 Å². The van der Waals surface area contributed by atoms with Gasteiger partial charge in [0.2, 0.25) is 0 Å². The molecule has 2 aromatic carbocycles. The molecule has 0 aliphatic carbocycles. The monoisotopic (exact) mass is 264 g/mol. The van der Waals surface area contributed by atoms with Crippen LogP contribution in [0.4, 0.5) is 0 Å². The van der Waals surface area contributed by atoms with Gasteiger partial charge in [0.15, 0.2) is 0 Å². The molecule has 0 spiro atoms. The molecule has 20 heavy (non-hydrogen) atoms. The molecule has 3 rings (SSSR count). The van der Waals surface area contributed by atoms with Crippen LogP contribution in [0, 0.1) is 0 Å². The number of ether oxygens (including phenoxy) is 1. The lowest BCUT2D eigenvalue weighted by molar-refractivity contribution is 0.316. The molecule has 3 nitrogen and oxygen atoms in total. The van der Waals surface area contributed by atoms with E-state index in [1.807, 2.05) is 43.3 Å². The zero-order valence-electron chi connectivity index (χ0n) is 11.3. The Kier molecular flexibility index (Phi) is 3.50. The van der Waals surface area contributed by atoms with Crippen molar-refractivity contribution in [3.63, 3.8) is 0 Å². The molecule has 0 unspecified atom stereocenters. The van der Waals surface area contributed by atoms with Crippen molar-refractivity contribution in [1.82, 2.24) is 9.97 Å². The lowest BCUT2D eigenvalue weighted by atomic mass is 10.1. The molecule has 0 aliphatic heterocycles. The summed E-state index contributed by atoms with van der Waals surface area (Å²) in [4.78, 5) is 7.83. The molecule has 0 bridgehead atoms. The van der Waals surface area contributed by atoms with Gasteiger partial charge in [-0.1, -0.05) is 60.7 Å². The zero-order chi connectivity index (χ0) is 13.8. The SMILES string of the molecule is CCOc1nc(-c2ccccc2)c(-c2ccccc2)[nH]1. The van der Waals surface area contributed by atoms with Crippen LogP contribution in [0.15, 0.2) is 60.7 Å². The first-order valence-electron chi connectivity index (χ1n) is 6.72. The number of imidazole rings is 1. The topological polar surface area (TPSA) is 37.9 Å². The predicted octanol–water partition coefficient (Wildman–Crippen LogP) is 4.14. The number of aromatic amines is 1. The molecule has 3 aromatic rings. The lowest BCUT2D eigenvalue weighted by Gasteiger charge is -2.02. The minimum Gasteiger partial charge on any atom is -0.465 e. The normalized spacial score (nSPS) is 10.4. The quantitative estimate of drug-likeness (QED) is 0.769. The van der Waals surface area contributed by atoms with E-state index in [4.69, 9.17) is 4.74 Å². The molecule has 100 valence electrons. The van der Waals surface area contributed by atoms with Gasteiger partial charge in [-0.25, -0.2) is 0 Å². The number of benzene rings is 2. The van der Waals surface area contributed by atoms with Crippen LogP contribution in [0.5, 0.6) is 6.01 Å². The van der Waals surface area contributed by atoms with E-state index in [1.54, 1.807) is 0 Å². The van der Waals surface area contributed by atoms with Crippen molar-refractivity contribution in [1.29, 1.82) is 0 Å². The molecule has 3 heteroatoms. The minimum atomic E-state index is 0.560. The smallest absolute Gasteiger partial charge is 0.294 e. The van der Waals surface area contributed by atoms with Crippen LogP contribution in [0.3, 0.4) is 0 Å². The van der Waals surface area contributed by atoms with Crippen LogP contribution in [-0.4, -0.2) is 16.6 Å². The van der Waals surface area contributed by atoms with Crippen LogP contribution in [0.25, 0.3) is 22.5 Å². The van der Waals surface area contributed by atoms with Crippen molar-refractivity contribution in [3.05, 3.63) is 60.7 Å². The third-order valence-corrected chi connectivity index (χ3v) is 3.07. The van der Waals surface area contributed by atoms with E-state index in [9.17, 15) is 0 Å². The number of nitrogens with zero attached hydrogens (tertiary/aromatic N) is 1. The van der Waals surface area contributed by atoms with Crippen molar-refractivity contribution in [3.8, 4) is 28.5 Å². The van der Waals surface area contributed by atoms with Crippen LogP contribution < -0.4 is 4.74 Å². The Labute approximate surface area is 118 Å². The molecule has 1 N–H and O–H groups in total. The van der Waals surface area contributed by atoms with Crippen LogP contribution >= 0.6 is 0 Å². The predicted molar refractivity (Wildman–Crippen MR) is 80.6 cm³/mol. The summed E-state index contributed by atoms with van der Waals surface area (Å²) in [6.07, 6.45) is 0. The number of nitrogens with one attached hydrogen (secondary N) is 1. The Morgan fingerprint density at radius 2 is 1.50 bits per heavy atom. The number of hydrogen-bond donors (Lipinski definition) is 1. The first kappa shape index (κ1) is 12.5. The number of hydrogen-bond acceptors (Lipinski definition) is 2. The van der Waals surface area contributed by atoms with Gasteiger partial charge in [-0.2, -0.15) is 4.98 Å². The summed E-state index contributed by atoms with van der Waals surface area (Å²) >= 11 is 0. The highest BCUT2D eigenvalue weighted by Gasteiger charge is 2.14. The average Bonchev–Trinajstić information content (AvgIpc) is 2.93. The van der Waals surface area contributed by atoms with Gasteiger partial charge >= 0.3 is 0 Å². The first-order chi connectivity index (χ1) is 9.88. The molecule has 1 aromatic heterocycles. The summed E-state index contributed by atoms with van der Waals surface area (Å²) in [6, 6.07) is 20.9. The van der Waals surface area contributed by atoms with Crippen molar-refractivity contribution in [2.45, 2.75) is 6.92 Å². The number of aromatic nitrogens is 2. The van der Waals surface area contributed by atoms with Gasteiger partial charge in [-0.05, 0) is 6.92 Å². The molecule has 0 amide bonds. The average molecular weight is 264 g/mol. The maximum Gasteiger partial charge on any atom is 0.294 e. The fourth-order valence-electron chi connectivity index (χ4n) is 2.18. The van der Waals surface area contributed by atoms with Crippen LogP contribution in [-0.2, 0) is 0 Å². The van der Waals surface area contributed by atoms with Gasteiger partial charge in [0.25, 0.3) is 6.01 Å². The van der Waals surface area contributed by atoms with Crippen molar-refractivity contribution in [2.75, 3.05) is 6.61 Å². The lowest BCUT2D eigenvalue weighted by Crippen LogP contribution is -1.92. The highest BCUT2D eigenvalue weighted by Crippen LogP contribution is 2.31. The van der Waals surface area contributed by atoms with Gasteiger partial charge in [0.1, 0.15) is 5.69 Å². The molecule has 0 saturated carbocycles. The molecule has 0 saturated heterocycles. The second-order valence-electron chi connectivity index (χ2n) is 4.43. The molecule has 0 atom stereocenters. The molecular weight excluding hydrogens is 248 g/mol. The van der Waals surface area contributed by atoms with Crippen LogP contribution in [0.1, 0.15) is 6.92 Å². The van der Waals surface area contributed by atoms with Gasteiger partial charge in [0, 0.05) is 11.1 Å². The Balaban J connectivity index is 2.13. The highest BCUT2D eigenvalue weighted by atomic mass is 16.5. The summed E-state index contributed by atoms with van der Waals surface area (Å²) < 4.78 is 5.50. The molecular formula is C17H16N2O. The number of rotatable bonds is 4. The van der Waals surface area contributed by atoms with Crippen LogP contribution in [0.2, 0.25) is 0 Å². The standard InChI is InChI=1S/C17H16N2O/c1-2-20-17-18-15(13-9-5-3-6-10-13)16(19-17)14-11-7-4-8-12-14/h3-12H,2H2,1H3,(H,18,19). The van der Waals surface area contributed by atoms with Crippen molar-refractivity contribution >= 4 is 0 Å². The van der Waals surface area contributed by atoms with Gasteiger partial charge < -0.3 is 9.72 Å². The van der Waals surface area contributed by atoms with Crippen molar-refractivity contribution in [2.24, 2.45) is 0 Å². The fraction of sp³-hybridized carbons (Fsp3) is 0.118. The first-order valence-corrected chi connectivity index (χ1v) is 6.72. The van der Waals surface area contributed by atoms with E-state index >= 15 is 0 Å². The third-order valence-electron chi connectivity index (χ3n) is 3.07. The highest BCUT2D eigenvalue weighted by molar-refractivity contribution is 5.78. The van der Waals surface area contributed by atoms with E-state index in [-0.39, 0.29) is 0 Å². The van der Waals surface area contributed by atoms with E-state index < -0.39 is 0 Å². The second kappa shape index (κ2) is 5.61. The third kappa shape index (κ3) is 2.43. The van der Waals surface area contributed by atoms with E-state index in [1.165, 1.54) is 0 Å². The Bertz CT molecular complexity index is 618. The molecule has 0 aliphatic rings. The molecule has 0 fully saturated rings. The minimum absolute atomic E-state index is 0.560. The maximum atomic E-state index is 5.50. The Hall–Kier alpha value is -2.55.